The van der Waals surface area contributed by atoms with Crippen molar-refractivity contribution in [3.05, 3.63) is 71.8 Å². The lowest BCUT2D eigenvalue weighted by Gasteiger charge is -2.20. The molecular formula is C21H26O3. The van der Waals surface area contributed by atoms with Crippen molar-refractivity contribution in [1.82, 2.24) is 0 Å². The molecule has 128 valence electrons. The number of aliphatic hydroxyl groups excluding tert-OH is 1. The van der Waals surface area contributed by atoms with Crippen LogP contribution in [-0.4, -0.2) is 17.0 Å². The summed E-state index contributed by atoms with van der Waals surface area (Å²) in [7, 11) is 0. The van der Waals surface area contributed by atoms with Crippen LogP contribution in [0.3, 0.4) is 0 Å². The lowest BCUT2D eigenvalue weighted by Crippen LogP contribution is -2.27. The fourth-order valence-electron chi connectivity index (χ4n) is 2.61. The zero-order valence-corrected chi connectivity index (χ0v) is 14.4. The van der Waals surface area contributed by atoms with Gasteiger partial charge in [-0.25, -0.2) is 0 Å². The van der Waals surface area contributed by atoms with Gasteiger partial charge in [0, 0.05) is 6.42 Å². The van der Waals surface area contributed by atoms with Gasteiger partial charge < -0.3 is 9.84 Å². The number of rotatable bonds is 9. The molecule has 0 saturated heterocycles. The van der Waals surface area contributed by atoms with Crippen molar-refractivity contribution < 1.29 is 14.6 Å². The number of aliphatic hydroxyl groups is 1. The molecule has 0 heterocycles. The molecule has 2 aromatic carbocycles. The van der Waals surface area contributed by atoms with E-state index in [1.807, 2.05) is 60.7 Å². The van der Waals surface area contributed by atoms with E-state index in [0.717, 1.165) is 11.1 Å². The van der Waals surface area contributed by atoms with Gasteiger partial charge >= 0.3 is 0 Å². The summed E-state index contributed by atoms with van der Waals surface area (Å²) in [5.74, 6) is 0.305. The summed E-state index contributed by atoms with van der Waals surface area (Å²) in [4.78, 5) is 12.6. The van der Waals surface area contributed by atoms with E-state index in [1.54, 1.807) is 0 Å². The SMILES string of the molecule is CC(C)C[C@H](OCc1ccccc1)C(=O)C[C@H](O)c1ccccc1. The monoisotopic (exact) mass is 326 g/mol. The Morgan fingerprint density at radius 2 is 1.58 bits per heavy atom. The minimum absolute atomic E-state index is 0.0454. The van der Waals surface area contributed by atoms with E-state index >= 15 is 0 Å². The Labute approximate surface area is 144 Å². The molecule has 2 rings (SSSR count). The van der Waals surface area contributed by atoms with E-state index in [1.165, 1.54) is 0 Å². The summed E-state index contributed by atoms with van der Waals surface area (Å²) in [5, 5.41) is 10.3. The van der Waals surface area contributed by atoms with Crippen molar-refractivity contribution in [2.24, 2.45) is 5.92 Å². The van der Waals surface area contributed by atoms with Crippen molar-refractivity contribution >= 4 is 5.78 Å². The summed E-state index contributed by atoms with van der Waals surface area (Å²) in [5.41, 5.74) is 1.81. The average molecular weight is 326 g/mol. The van der Waals surface area contributed by atoms with Gasteiger partial charge in [0.15, 0.2) is 5.78 Å². The summed E-state index contributed by atoms with van der Waals surface area (Å²) in [6.45, 7) is 4.55. The van der Waals surface area contributed by atoms with Crippen LogP contribution in [0.1, 0.15) is 43.9 Å². The fourth-order valence-corrected chi connectivity index (χ4v) is 2.61. The number of carbonyl (C=O) groups excluding carboxylic acids is 1. The van der Waals surface area contributed by atoms with E-state index in [2.05, 4.69) is 13.8 Å². The van der Waals surface area contributed by atoms with Gasteiger partial charge in [-0.05, 0) is 23.5 Å². The smallest absolute Gasteiger partial charge is 0.164 e. The molecule has 3 nitrogen and oxygen atoms in total. The van der Waals surface area contributed by atoms with E-state index < -0.39 is 12.2 Å². The van der Waals surface area contributed by atoms with Crippen molar-refractivity contribution in [3.8, 4) is 0 Å². The van der Waals surface area contributed by atoms with Gasteiger partial charge in [-0.2, -0.15) is 0 Å². The fraction of sp³-hybridized carbons (Fsp3) is 0.381. The minimum atomic E-state index is -0.784. The molecule has 0 saturated carbocycles. The molecule has 0 aliphatic rings. The highest BCUT2D eigenvalue weighted by molar-refractivity contribution is 5.83. The maximum atomic E-state index is 12.6. The molecule has 0 aliphatic carbocycles. The highest BCUT2D eigenvalue weighted by Crippen LogP contribution is 2.21. The summed E-state index contributed by atoms with van der Waals surface area (Å²) in [6.07, 6.45) is -0.527. The van der Waals surface area contributed by atoms with Gasteiger partial charge in [0.1, 0.15) is 6.10 Å². The number of ketones is 1. The molecule has 2 aromatic rings. The van der Waals surface area contributed by atoms with Crippen molar-refractivity contribution in [2.45, 2.75) is 45.5 Å². The molecular weight excluding hydrogens is 300 g/mol. The Kier molecular flexibility index (Phi) is 7.16. The first-order chi connectivity index (χ1) is 11.6. The van der Waals surface area contributed by atoms with Crippen molar-refractivity contribution in [3.63, 3.8) is 0 Å². The van der Waals surface area contributed by atoms with E-state index in [-0.39, 0.29) is 12.2 Å². The first-order valence-corrected chi connectivity index (χ1v) is 8.47. The van der Waals surface area contributed by atoms with Gasteiger partial charge in [-0.15, -0.1) is 0 Å². The lowest BCUT2D eigenvalue weighted by molar-refractivity contribution is -0.134. The molecule has 0 spiro atoms. The third-order valence-corrected chi connectivity index (χ3v) is 3.92. The molecule has 0 aliphatic heterocycles. The molecule has 0 radical (unpaired) electrons. The van der Waals surface area contributed by atoms with Crippen molar-refractivity contribution in [1.29, 1.82) is 0 Å². The van der Waals surface area contributed by atoms with Gasteiger partial charge in [0.25, 0.3) is 0 Å². The van der Waals surface area contributed by atoms with Crippen LogP contribution in [0.5, 0.6) is 0 Å². The highest BCUT2D eigenvalue weighted by Gasteiger charge is 2.23. The lowest BCUT2D eigenvalue weighted by atomic mass is 9.97. The molecule has 0 aromatic heterocycles. The Morgan fingerprint density at radius 1 is 1.00 bits per heavy atom. The van der Waals surface area contributed by atoms with Crippen LogP contribution in [0, 0.1) is 5.92 Å². The molecule has 0 fully saturated rings. The maximum absolute atomic E-state index is 12.6. The summed E-state index contributed by atoms with van der Waals surface area (Å²) < 4.78 is 5.88. The van der Waals surface area contributed by atoms with Crippen LogP contribution in [0.15, 0.2) is 60.7 Å². The zero-order valence-electron chi connectivity index (χ0n) is 14.4. The molecule has 3 heteroatoms. The number of benzene rings is 2. The number of ether oxygens (including phenoxy) is 1. The topological polar surface area (TPSA) is 46.5 Å². The maximum Gasteiger partial charge on any atom is 0.164 e. The molecule has 1 N–H and O–H groups in total. The van der Waals surface area contributed by atoms with Crippen LogP contribution < -0.4 is 0 Å². The van der Waals surface area contributed by atoms with Crippen LogP contribution in [-0.2, 0) is 16.1 Å². The van der Waals surface area contributed by atoms with Crippen LogP contribution in [0.4, 0.5) is 0 Å². The van der Waals surface area contributed by atoms with Gasteiger partial charge in [-0.1, -0.05) is 74.5 Å². The largest absolute Gasteiger partial charge is 0.388 e. The second-order valence-corrected chi connectivity index (χ2v) is 6.51. The van der Waals surface area contributed by atoms with E-state index in [4.69, 9.17) is 4.74 Å². The van der Waals surface area contributed by atoms with Crippen LogP contribution in [0.25, 0.3) is 0 Å². The molecule has 2 atom stereocenters. The van der Waals surface area contributed by atoms with Crippen molar-refractivity contribution in [2.75, 3.05) is 0 Å². The minimum Gasteiger partial charge on any atom is -0.388 e. The average Bonchev–Trinajstić information content (AvgIpc) is 2.59. The van der Waals surface area contributed by atoms with Gasteiger partial charge in [-0.3, -0.25) is 4.79 Å². The Morgan fingerprint density at radius 3 is 2.17 bits per heavy atom. The zero-order chi connectivity index (χ0) is 17.4. The summed E-state index contributed by atoms with van der Waals surface area (Å²) >= 11 is 0. The normalized spacial score (nSPS) is 13.7. The Bertz CT molecular complexity index is 607. The summed E-state index contributed by atoms with van der Waals surface area (Å²) in [6, 6.07) is 19.1. The molecule has 0 unspecified atom stereocenters. The second kappa shape index (κ2) is 9.36. The van der Waals surface area contributed by atoms with Crippen LogP contribution in [0.2, 0.25) is 0 Å². The van der Waals surface area contributed by atoms with E-state index in [0.29, 0.717) is 18.9 Å². The number of hydrogen-bond acceptors (Lipinski definition) is 3. The second-order valence-electron chi connectivity index (χ2n) is 6.51. The third-order valence-electron chi connectivity index (χ3n) is 3.92. The molecule has 24 heavy (non-hydrogen) atoms. The predicted octanol–water partition coefficient (Wildman–Crippen LogP) is 4.31. The molecule has 0 amide bonds. The first-order valence-electron chi connectivity index (χ1n) is 8.47. The number of carbonyl (C=O) groups is 1. The number of hydrogen-bond donors (Lipinski definition) is 1. The Balaban J connectivity index is 1.97. The van der Waals surface area contributed by atoms with E-state index in [9.17, 15) is 9.90 Å². The third kappa shape index (κ3) is 5.91. The highest BCUT2D eigenvalue weighted by atomic mass is 16.5. The first kappa shape index (κ1) is 18.4. The van der Waals surface area contributed by atoms with Crippen LogP contribution >= 0.6 is 0 Å². The standard InChI is InChI=1S/C21H26O3/c1-16(2)13-21(24-15-17-9-5-3-6-10-17)20(23)14-19(22)18-11-7-4-8-12-18/h3-12,16,19,21-22H,13-15H2,1-2H3/t19-,21-/m0/s1. The predicted molar refractivity (Wildman–Crippen MR) is 95.5 cm³/mol. The quantitative estimate of drug-likeness (QED) is 0.747. The molecule has 0 bridgehead atoms. The number of Topliss-reactive ketones (excluding diaryl/α,β-unsaturated/α-hetero) is 1. The van der Waals surface area contributed by atoms with Gasteiger partial charge in [0.2, 0.25) is 0 Å². The van der Waals surface area contributed by atoms with Gasteiger partial charge in [0.05, 0.1) is 12.7 Å². The Hall–Kier alpha value is -1.97.